The average Bonchev–Trinajstić information content (AvgIpc) is 2.43. The van der Waals surface area contributed by atoms with Crippen molar-refractivity contribution in [3.63, 3.8) is 0 Å². The number of rotatable bonds is 5. The molecule has 4 nitrogen and oxygen atoms in total. The van der Waals surface area contributed by atoms with Gasteiger partial charge in [0, 0.05) is 13.5 Å². The lowest BCUT2D eigenvalue weighted by Gasteiger charge is -2.19. The molecule has 1 rings (SSSR count). The van der Waals surface area contributed by atoms with Crippen LogP contribution in [-0.2, 0) is 9.53 Å². The SMILES string of the molecule is CCCCC(=O)N(C)c1ccccc1C(=O)OC. The number of carbonyl (C=O) groups is 2. The van der Waals surface area contributed by atoms with Gasteiger partial charge in [-0.3, -0.25) is 4.79 Å². The van der Waals surface area contributed by atoms with Gasteiger partial charge in [0.15, 0.2) is 0 Å². The average molecular weight is 249 g/mol. The van der Waals surface area contributed by atoms with Crippen molar-refractivity contribution in [1.29, 1.82) is 0 Å². The van der Waals surface area contributed by atoms with E-state index < -0.39 is 5.97 Å². The molecule has 18 heavy (non-hydrogen) atoms. The lowest BCUT2D eigenvalue weighted by Crippen LogP contribution is -2.27. The summed E-state index contributed by atoms with van der Waals surface area (Å²) in [6, 6.07) is 6.95. The fraction of sp³-hybridized carbons (Fsp3) is 0.429. The van der Waals surface area contributed by atoms with Gasteiger partial charge >= 0.3 is 5.97 Å². The zero-order valence-electron chi connectivity index (χ0n) is 11.1. The third-order valence-electron chi connectivity index (χ3n) is 2.79. The summed E-state index contributed by atoms with van der Waals surface area (Å²) in [4.78, 5) is 25.1. The molecule has 0 spiro atoms. The molecule has 1 aromatic carbocycles. The molecule has 0 unspecified atom stereocenters. The van der Waals surface area contributed by atoms with Crippen molar-refractivity contribution in [2.24, 2.45) is 0 Å². The Balaban J connectivity index is 2.94. The Morgan fingerprint density at radius 3 is 2.56 bits per heavy atom. The van der Waals surface area contributed by atoms with Gasteiger partial charge in [0.2, 0.25) is 5.91 Å². The number of para-hydroxylation sites is 1. The molecule has 0 aliphatic heterocycles. The molecule has 1 amide bonds. The van der Waals surface area contributed by atoms with Crippen molar-refractivity contribution in [1.82, 2.24) is 0 Å². The maximum atomic E-state index is 11.9. The number of anilines is 1. The van der Waals surface area contributed by atoms with Gasteiger partial charge in [0.25, 0.3) is 0 Å². The second-order valence-electron chi connectivity index (χ2n) is 4.07. The Morgan fingerprint density at radius 2 is 1.94 bits per heavy atom. The van der Waals surface area contributed by atoms with Crippen molar-refractivity contribution in [2.45, 2.75) is 26.2 Å². The van der Waals surface area contributed by atoms with E-state index >= 15 is 0 Å². The summed E-state index contributed by atoms with van der Waals surface area (Å²) in [7, 11) is 3.01. The molecule has 0 N–H and O–H groups in total. The smallest absolute Gasteiger partial charge is 0.339 e. The van der Waals surface area contributed by atoms with Crippen LogP contribution in [0.1, 0.15) is 36.5 Å². The number of hydrogen-bond acceptors (Lipinski definition) is 3. The number of benzene rings is 1. The van der Waals surface area contributed by atoms with Gasteiger partial charge in [-0.2, -0.15) is 0 Å². The van der Waals surface area contributed by atoms with E-state index in [1.54, 1.807) is 31.3 Å². The van der Waals surface area contributed by atoms with Crippen LogP contribution in [0.5, 0.6) is 0 Å². The van der Waals surface area contributed by atoms with Gasteiger partial charge in [0.1, 0.15) is 0 Å². The van der Waals surface area contributed by atoms with E-state index in [9.17, 15) is 9.59 Å². The minimum atomic E-state index is -0.430. The van der Waals surface area contributed by atoms with Gasteiger partial charge in [-0.1, -0.05) is 25.5 Å². The molecule has 0 heterocycles. The highest BCUT2D eigenvalue weighted by molar-refractivity contribution is 6.02. The second kappa shape index (κ2) is 6.79. The number of nitrogens with zero attached hydrogens (tertiary/aromatic N) is 1. The normalized spacial score (nSPS) is 9.94. The van der Waals surface area contributed by atoms with E-state index in [4.69, 9.17) is 4.74 Å². The quantitative estimate of drug-likeness (QED) is 0.754. The predicted molar refractivity (Wildman–Crippen MR) is 70.7 cm³/mol. The summed E-state index contributed by atoms with van der Waals surface area (Å²) in [5, 5.41) is 0. The number of unbranched alkanes of at least 4 members (excludes halogenated alkanes) is 1. The van der Waals surface area contributed by atoms with Crippen LogP contribution >= 0.6 is 0 Å². The molecule has 0 radical (unpaired) electrons. The summed E-state index contributed by atoms with van der Waals surface area (Å²) < 4.78 is 4.71. The van der Waals surface area contributed by atoms with Crippen LogP contribution in [0, 0.1) is 0 Å². The summed E-state index contributed by atoms with van der Waals surface area (Å²) in [6.07, 6.45) is 2.31. The molecule has 0 aliphatic rings. The van der Waals surface area contributed by atoms with Gasteiger partial charge in [-0.15, -0.1) is 0 Å². The molecular formula is C14H19NO3. The predicted octanol–water partition coefficient (Wildman–Crippen LogP) is 2.63. The fourth-order valence-electron chi connectivity index (χ4n) is 1.68. The Labute approximate surface area is 108 Å². The third-order valence-corrected chi connectivity index (χ3v) is 2.79. The maximum Gasteiger partial charge on any atom is 0.339 e. The zero-order valence-corrected chi connectivity index (χ0v) is 11.1. The second-order valence-corrected chi connectivity index (χ2v) is 4.07. The zero-order chi connectivity index (χ0) is 13.5. The van der Waals surface area contributed by atoms with E-state index in [0.717, 1.165) is 12.8 Å². The standard InChI is InChI=1S/C14H19NO3/c1-4-5-10-13(16)15(2)12-9-7-6-8-11(12)14(17)18-3/h6-9H,4-5,10H2,1-3H3. The Bertz CT molecular complexity index is 429. The molecular weight excluding hydrogens is 230 g/mol. The third kappa shape index (κ3) is 3.32. The van der Waals surface area contributed by atoms with Gasteiger partial charge in [0.05, 0.1) is 18.4 Å². The van der Waals surface area contributed by atoms with E-state index in [2.05, 4.69) is 0 Å². The highest BCUT2D eigenvalue weighted by Crippen LogP contribution is 2.21. The van der Waals surface area contributed by atoms with Crippen LogP contribution in [0.3, 0.4) is 0 Å². The van der Waals surface area contributed by atoms with Crippen molar-refractivity contribution in [3.05, 3.63) is 29.8 Å². The molecule has 0 atom stereocenters. The van der Waals surface area contributed by atoms with Crippen molar-refractivity contribution >= 4 is 17.6 Å². The molecule has 0 bridgehead atoms. The summed E-state index contributed by atoms with van der Waals surface area (Å²) in [5.74, 6) is -0.422. The van der Waals surface area contributed by atoms with Crippen molar-refractivity contribution < 1.29 is 14.3 Å². The summed E-state index contributed by atoms with van der Waals surface area (Å²) in [6.45, 7) is 2.04. The highest BCUT2D eigenvalue weighted by Gasteiger charge is 2.17. The van der Waals surface area contributed by atoms with Gasteiger partial charge in [-0.05, 0) is 18.6 Å². The van der Waals surface area contributed by atoms with Crippen LogP contribution in [0.15, 0.2) is 24.3 Å². The number of esters is 1. The molecule has 4 heteroatoms. The summed E-state index contributed by atoms with van der Waals surface area (Å²) >= 11 is 0. The van der Waals surface area contributed by atoms with E-state index in [1.165, 1.54) is 12.0 Å². The topological polar surface area (TPSA) is 46.6 Å². The molecule has 98 valence electrons. The lowest BCUT2D eigenvalue weighted by molar-refractivity contribution is -0.118. The van der Waals surface area contributed by atoms with Crippen LogP contribution in [-0.4, -0.2) is 26.0 Å². The first-order valence-corrected chi connectivity index (χ1v) is 6.05. The fourth-order valence-corrected chi connectivity index (χ4v) is 1.68. The highest BCUT2D eigenvalue weighted by atomic mass is 16.5. The van der Waals surface area contributed by atoms with Crippen LogP contribution in [0.25, 0.3) is 0 Å². The van der Waals surface area contributed by atoms with Gasteiger partial charge < -0.3 is 9.64 Å². The molecule has 0 saturated heterocycles. The largest absolute Gasteiger partial charge is 0.465 e. The Hall–Kier alpha value is -1.84. The molecule has 1 aromatic rings. The molecule has 0 aliphatic carbocycles. The molecule has 0 aromatic heterocycles. The first-order chi connectivity index (χ1) is 8.61. The van der Waals surface area contributed by atoms with E-state index in [1.807, 2.05) is 6.92 Å². The monoisotopic (exact) mass is 249 g/mol. The van der Waals surface area contributed by atoms with E-state index in [0.29, 0.717) is 17.7 Å². The van der Waals surface area contributed by atoms with E-state index in [-0.39, 0.29) is 5.91 Å². The number of methoxy groups -OCH3 is 1. The maximum absolute atomic E-state index is 11.9. The van der Waals surface area contributed by atoms with Crippen molar-refractivity contribution in [2.75, 3.05) is 19.1 Å². The molecule has 0 saturated carbocycles. The van der Waals surface area contributed by atoms with Gasteiger partial charge in [-0.25, -0.2) is 4.79 Å². The van der Waals surface area contributed by atoms with Crippen LogP contribution in [0.2, 0.25) is 0 Å². The van der Waals surface area contributed by atoms with Crippen LogP contribution < -0.4 is 4.90 Å². The molecule has 0 fully saturated rings. The first kappa shape index (κ1) is 14.2. The van der Waals surface area contributed by atoms with Crippen LogP contribution in [0.4, 0.5) is 5.69 Å². The number of amides is 1. The van der Waals surface area contributed by atoms with Crippen molar-refractivity contribution in [3.8, 4) is 0 Å². The minimum absolute atomic E-state index is 0.00760. The number of carbonyl (C=O) groups excluding carboxylic acids is 2. The first-order valence-electron chi connectivity index (χ1n) is 6.05. The lowest BCUT2D eigenvalue weighted by atomic mass is 10.1. The Kier molecular flexibility index (Phi) is 5.36. The summed E-state index contributed by atoms with van der Waals surface area (Å²) in [5.41, 5.74) is 0.998. The minimum Gasteiger partial charge on any atom is -0.465 e. The number of ether oxygens (including phenoxy) is 1. The Morgan fingerprint density at radius 1 is 1.28 bits per heavy atom. The number of hydrogen-bond donors (Lipinski definition) is 0.